The molecule has 1 aliphatic rings. The quantitative estimate of drug-likeness (QED) is 0.834. The molecule has 0 aliphatic carbocycles. The number of aromatic hydroxyl groups is 1. The molecule has 0 radical (unpaired) electrons. The van der Waals surface area contributed by atoms with Crippen LogP contribution in [0.4, 0.5) is 0 Å². The molecule has 1 aliphatic heterocycles. The van der Waals surface area contributed by atoms with Crippen molar-refractivity contribution in [2.75, 3.05) is 32.7 Å². The van der Waals surface area contributed by atoms with Crippen LogP contribution in [0.15, 0.2) is 10.9 Å². The number of rotatable bonds is 7. The fourth-order valence-electron chi connectivity index (χ4n) is 3.22. The fourth-order valence-corrected chi connectivity index (χ4v) is 3.22. The predicted octanol–water partition coefficient (Wildman–Crippen LogP) is 1.80. The maximum Gasteiger partial charge on any atom is 0.223 e. The molecule has 1 N–H and O–H groups in total. The molecule has 22 heavy (non-hydrogen) atoms. The monoisotopic (exact) mass is 307 g/mol. The summed E-state index contributed by atoms with van der Waals surface area (Å²) in [6.45, 7) is 12.8. The Balaban J connectivity index is 2.25. The van der Waals surface area contributed by atoms with E-state index in [1.54, 1.807) is 6.07 Å². The Morgan fingerprint density at radius 2 is 1.86 bits per heavy atom. The van der Waals surface area contributed by atoms with Crippen molar-refractivity contribution in [3.63, 3.8) is 0 Å². The maximum atomic E-state index is 11.9. The van der Waals surface area contributed by atoms with Crippen LogP contribution in [-0.4, -0.2) is 52.2 Å². The molecule has 2 heterocycles. The molecule has 5 heteroatoms. The van der Waals surface area contributed by atoms with Crippen LogP contribution < -0.4 is 5.43 Å². The molecule has 0 unspecified atom stereocenters. The lowest BCUT2D eigenvalue weighted by atomic mass is 10.2. The molecule has 1 aromatic rings. The smallest absolute Gasteiger partial charge is 0.223 e. The Hall–Kier alpha value is -1.33. The lowest BCUT2D eigenvalue weighted by Gasteiger charge is -2.25. The number of hydrogen-bond donors (Lipinski definition) is 1. The highest BCUT2D eigenvalue weighted by molar-refractivity contribution is 5.30. The second-order valence-corrected chi connectivity index (χ2v) is 6.11. The van der Waals surface area contributed by atoms with Crippen molar-refractivity contribution >= 4 is 0 Å². The molecule has 1 saturated heterocycles. The summed E-state index contributed by atoms with van der Waals surface area (Å²) >= 11 is 0. The average Bonchev–Trinajstić information content (AvgIpc) is 3.01. The third-order valence-electron chi connectivity index (χ3n) is 4.70. The van der Waals surface area contributed by atoms with Gasteiger partial charge in [-0.15, -0.1) is 0 Å². The maximum absolute atomic E-state index is 11.9. The summed E-state index contributed by atoms with van der Waals surface area (Å²) in [7, 11) is 0. The van der Waals surface area contributed by atoms with Crippen molar-refractivity contribution in [1.82, 2.24) is 14.4 Å². The van der Waals surface area contributed by atoms with Gasteiger partial charge in [0.15, 0.2) is 5.75 Å². The van der Waals surface area contributed by atoms with Crippen molar-refractivity contribution in [1.29, 1.82) is 0 Å². The van der Waals surface area contributed by atoms with E-state index in [0.29, 0.717) is 6.54 Å². The van der Waals surface area contributed by atoms with Crippen molar-refractivity contribution < 1.29 is 5.11 Å². The molecule has 0 spiro atoms. The van der Waals surface area contributed by atoms with E-state index in [2.05, 4.69) is 28.2 Å². The molecule has 0 atom stereocenters. The third-order valence-corrected chi connectivity index (χ3v) is 4.70. The van der Waals surface area contributed by atoms with Gasteiger partial charge < -0.3 is 14.6 Å². The second kappa shape index (κ2) is 7.79. The lowest BCUT2D eigenvalue weighted by molar-refractivity contribution is 0.275. The number of aromatic nitrogens is 1. The molecule has 5 nitrogen and oxygen atoms in total. The highest BCUT2D eigenvalue weighted by Crippen LogP contribution is 2.19. The van der Waals surface area contributed by atoms with Crippen LogP contribution in [0.3, 0.4) is 0 Å². The summed E-state index contributed by atoms with van der Waals surface area (Å²) in [5, 5.41) is 10.3. The van der Waals surface area contributed by atoms with Gasteiger partial charge in [0, 0.05) is 31.4 Å². The first-order chi connectivity index (χ1) is 10.6. The zero-order chi connectivity index (χ0) is 16.1. The van der Waals surface area contributed by atoms with Gasteiger partial charge >= 0.3 is 0 Å². The van der Waals surface area contributed by atoms with Crippen LogP contribution in [-0.2, 0) is 13.1 Å². The highest BCUT2D eigenvalue weighted by Gasteiger charge is 2.19. The zero-order valence-corrected chi connectivity index (χ0v) is 14.1. The van der Waals surface area contributed by atoms with E-state index < -0.39 is 0 Å². The van der Waals surface area contributed by atoms with E-state index in [1.807, 2.05) is 6.92 Å². The molecule has 1 aromatic heterocycles. The normalized spacial score (nSPS) is 15.8. The van der Waals surface area contributed by atoms with Gasteiger partial charge in [-0.1, -0.05) is 13.8 Å². The van der Waals surface area contributed by atoms with E-state index in [-0.39, 0.29) is 11.2 Å². The second-order valence-electron chi connectivity index (χ2n) is 6.11. The molecule has 1 fully saturated rings. The minimum atomic E-state index is -0.259. The molecular formula is C17H29N3O2. The van der Waals surface area contributed by atoms with Gasteiger partial charge in [-0.3, -0.25) is 9.69 Å². The lowest BCUT2D eigenvalue weighted by Crippen LogP contribution is -2.30. The van der Waals surface area contributed by atoms with Gasteiger partial charge in [0.2, 0.25) is 5.43 Å². The molecule has 124 valence electrons. The molecule has 0 amide bonds. The van der Waals surface area contributed by atoms with Crippen molar-refractivity contribution in [2.24, 2.45) is 0 Å². The predicted molar refractivity (Wildman–Crippen MR) is 89.4 cm³/mol. The van der Waals surface area contributed by atoms with Gasteiger partial charge in [0.25, 0.3) is 0 Å². The first-order valence-electron chi connectivity index (χ1n) is 8.43. The van der Waals surface area contributed by atoms with Gasteiger partial charge in [-0.2, -0.15) is 0 Å². The van der Waals surface area contributed by atoms with E-state index in [4.69, 9.17) is 0 Å². The van der Waals surface area contributed by atoms with Crippen molar-refractivity contribution in [3.05, 3.63) is 27.7 Å². The Kier molecular flexibility index (Phi) is 6.03. The van der Waals surface area contributed by atoms with Crippen LogP contribution in [0.25, 0.3) is 0 Å². The highest BCUT2D eigenvalue weighted by atomic mass is 16.3. The summed E-state index contributed by atoms with van der Waals surface area (Å²) in [6.07, 6.45) is 2.41. The molecule has 2 rings (SSSR count). The van der Waals surface area contributed by atoms with Gasteiger partial charge in [0.05, 0.1) is 5.69 Å². The Morgan fingerprint density at radius 3 is 2.45 bits per heavy atom. The van der Waals surface area contributed by atoms with Crippen LogP contribution in [0.5, 0.6) is 5.75 Å². The first-order valence-corrected chi connectivity index (χ1v) is 8.43. The minimum Gasteiger partial charge on any atom is -0.503 e. The Labute approximate surface area is 133 Å². The van der Waals surface area contributed by atoms with Crippen LogP contribution in [0, 0.1) is 6.92 Å². The van der Waals surface area contributed by atoms with Crippen LogP contribution in [0.2, 0.25) is 0 Å². The Bertz CT molecular complexity index is 544. The van der Waals surface area contributed by atoms with Crippen LogP contribution >= 0.6 is 0 Å². The Morgan fingerprint density at radius 1 is 1.23 bits per heavy atom. The average molecular weight is 307 g/mol. The summed E-state index contributed by atoms with van der Waals surface area (Å²) < 4.78 is 2.12. The largest absolute Gasteiger partial charge is 0.503 e. The summed E-state index contributed by atoms with van der Waals surface area (Å²) in [4.78, 5) is 16.6. The van der Waals surface area contributed by atoms with E-state index in [9.17, 15) is 9.90 Å². The molecular weight excluding hydrogens is 278 g/mol. The van der Waals surface area contributed by atoms with Crippen molar-refractivity contribution in [2.45, 2.75) is 46.7 Å². The minimum absolute atomic E-state index is 0.0722. The standard InChI is InChI=1S/C17H29N3O2/c1-4-18(5-2)10-11-20-14(3)12-16(21)17(22)15(20)13-19-8-6-7-9-19/h12,22H,4-11,13H2,1-3H3. The van der Waals surface area contributed by atoms with E-state index >= 15 is 0 Å². The van der Waals surface area contributed by atoms with E-state index in [0.717, 1.165) is 50.7 Å². The fraction of sp³-hybridized carbons (Fsp3) is 0.706. The summed E-state index contributed by atoms with van der Waals surface area (Å²) in [5.74, 6) is -0.0722. The number of hydrogen-bond acceptors (Lipinski definition) is 4. The third kappa shape index (κ3) is 3.90. The van der Waals surface area contributed by atoms with E-state index in [1.165, 1.54) is 12.8 Å². The molecule has 0 aromatic carbocycles. The first kappa shape index (κ1) is 17.0. The summed E-state index contributed by atoms with van der Waals surface area (Å²) in [6, 6.07) is 1.55. The van der Waals surface area contributed by atoms with Gasteiger partial charge in [0.1, 0.15) is 0 Å². The molecule has 0 bridgehead atoms. The van der Waals surface area contributed by atoms with Crippen molar-refractivity contribution in [3.8, 4) is 5.75 Å². The molecule has 0 saturated carbocycles. The topological polar surface area (TPSA) is 48.7 Å². The number of likely N-dealkylation sites (N-methyl/N-ethyl adjacent to an activating group) is 1. The number of likely N-dealkylation sites (tertiary alicyclic amines) is 1. The van der Waals surface area contributed by atoms with Gasteiger partial charge in [-0.25, -0.2) is 0 Å². The number of aryl methyl sites for hydroxylation is 1. The number of pyridine rings is 1. The number of nitrogens with zero attached hydrogens (tertiary/aromatic N) is 3. The van der Waals surface area contributed by atoms with Gasteiger partial charge in [-0.05, 0) is 45.9 Å². The SMILES string of the molecule is CCN(CC)CCn1c(C)cc(=O)c(O)c1CN1CCCC1. The zero-order valence-electron chi connectivity index (χ0n) is 14.1. The summed E-state index contributed by atoms with van der Waals surface area (Å²) in [5.41, 5.74) is 1.45. The van der Waals surface area contributed by atoms with Crippen LogP contribution in [0.1, 0.15) is 38.1 Å².